The van der Waals surface area contributed by atoms with Gasteiger partial charge in [-0.15, -0.1) is 0 Å². The van der Waals surface area contributed by atoms with Gasteiger partial charge >= 0.3 is 16.8 Å². The van der Waals surface area contributed by atoms with Crippen LogP contribution in [0.5, 0.6) is 0 Å². The molecule has 2 saturated heterocycles. The van der Waals surface area contributed by atoms with Gasteiger partial charge in [0, 0.05) is 108 Å². The van der Waals surface area contributed by atoms with Crippen LogP contribution in [0.4, 0.5) is 0 Å². The minimum atomic E-state index is -5.32. The Labute approximate surface area is 552 Å². The van der Waals surface area contributed by atoms with Crippen LogP contribution in [0.3, 0.4) is 0 Å². The third-order valence-electron chi connectivity index (χ3n) is 20.5. The van der Waals surface area contributed by atoms with Crippen LogP contribution in [0.15, 0.2) is 67.8 Å². The molecule has 28 nitrogen and oxygen atoms in total. The number of primary amides is 6. The number of aliphatic imine (C=N–C) groups is 3. The Kier molecular flexibility index (Phi) is 23.9. The number of hydrogen-bond donors (Lipinski definition) is 9. The van der Waals surface area contributed by atoms with Gasteiger partial charge in [-0.25, -0.2) is 4.98 Å². The molecule has 93 heavy (non-hydrogen) atoms. The molecule has 2 aromatic rings. The predicted molar refractivity (Wildman–Crippen MR) is 342 cm³/mol. The van der Waals surface area contributed by atoms with Crippen LogP contribution < -0.4 is 44.6 Å². The van der Waals surface area contributed by atoms with Crippen molar-refractivity contribution < 1.29 is 89.3 Å². The molecule has 17 N–H and O–H groups in total. The molecule has 0 saturated carbocycles. The molecular weight excluding hydrogens is 1270 g/mol. The summed E-state index contributed by atoms with van der Waals surface area (Å²) in [5.74, 6) is -7.40. The molecule has 30 heteroatoms. The number of aliphatic hydroxyl groups excluding tert-OH is 2. The number of nitrogens with one attached hydrogen (secondary N) is 1. The van der Waals surface area contributed by atoms with Crippen molar-refractivity contribution in [1.82, 2.24) is 14.9 Å². The maximum atomic E-state index is 14.4. The second-order valence-corrected chi connectivity index (χ2v) is 28.3. The number of carbonyl (C=O) groups excluding carboxylic acids is 7. The third-order valence-corrected chi connectivity index (χ3v) is 21.6. The number of rotatable bonds is 26. The van der Waals surface area contributed by atoms with Gasteiger partial charge < -0.3 is 91.4 Å². The van der Waals surface area contributed by atoms with Crippen molar-refractivity contribution in [3.63, 3.8) is 0 Å². The van der Waals surface area contributed by atoms with Crippen molar-refractivity contribution in [3.05, 3.63) is 76.6 Å². The van der Waals surface area contributed by atoms with E-state index in [0.717, 1.165) is 11.1 Å². The number of fused-ring (bicyclic) bond motifs is 7. The number of imidazole rings is 1. The summed E-state index contributed by atoms with van der Waals surface area (Å²) in [6.45, 7) is 19.0. The maximum absolute atomic E-state index is 14.4. The molecule has 6 aliphatic heterocycles. The van der Waals surface area contributed by atoms with Gasteiger partial charge in [-0.1, -0.05) is 40.7 Å². The van der Waals surface area contributed by atoms with E-state index in [1.54, 1.807) is 6.92 Å². The number of hydrogen-bond acceptors (Lipinski definition) is 18. The van der Waals surface area contributed by atoms with Gasteiger partial charge in [0.1, 0.15) is 18.3 Å². The number of nitrogens with zero attached hydrogens (tertiary/aromatic N) is 6. The molecule has 6 aliphatic rings. The van der Waals surface area contributed by atoms with E-state index in [1.165, 1.54) is 17.8 Å². The Morgan fingerprint density at radius 3 is 1.95 bits per heavy atom. The minimum Gasteiger partial charge on any atom is -0.756 e. The number of phosphoric ester groups is 1. The van der Waals surface area contributed by atoms with Crippen molar-refractivity contribution in [1.29, 1.82) is 0 Å². The van der Waals surface area contributed by atoms with Gasteiger partial charge in [0.15, 0.2) is 6.23 Å². The molecule has 8 bridgehead atoms. The second-order valence-electron chi connectivity index (χ2n) is 27.0. The van der Waals surface area contributed by atoms with Crippen LogP contribution in [0.2, 0.25) is 0 Å². The number of amides is 7. The minimum absolute atomic E-state index is 0. The molecule has 0 radical (unpaired) electrons. The van der Waals surface area contributed by atoms with E-state index in [-0.39, 0.29) is 107 Å². The van der Waals surface area contributed by atoms with Crippen molar-refractivity contribution in [2.24, 2.45) is 94.7 Å². The molecule has 514 valence electrons. The van der Waals surface area contributed by atoms with Gasteiger partial charge in [-0.2, -0.15) is 5.70 Å². The summed E-state index contributed by atoms with van der Waals surface area (Å²) in [6, 6.07) is 2.65. The second kappa shape index (κ2) is 28.8. The number of aliphatic hydroxyl groups is 2. The Morgan fingerprint density at radius 2 is 1.38 bits per heavy atom. The van der Waals surface area contributed by atoms with Crippen LogP contribution >= 0.6 is 7.82 Å². The van der Waals surface area contributed by atoms with Gasteiger partial charge in [0.25, 0.3) is 7.82 Å². The summed E-state index contributed by atoms with van der Waals surface area (Å²) >= 11 is 0. The molecule has 7 heterocycles. The number of aromatic nitrogens is 2. The average molecular weight is 1360 g/mol. The van der Waals surface area contributed by atoms with E-state index in [1.807, 2.05) is 80.5 Å². The molecular formula is C63H93CoN13O15P. The number of nitrogens with two attached hydrogens (primary N) is 6. The first kappa shape index (κ1) is 77.2. The van der Waals surface area contributed by atoms with E-state index in [4.69, 9.17) is 68.5 Å². The Balaban J connectivity index is 0.00000523. The normalized spacial score (nSPS) is 31.0. The third kappa shape index (κ3) is 14.8. The largest absolute Gasteiger partial charge is 3.00 e. The fourth-order valence-electron chi connectivity index (χ4n) is 15.3. The molecule has 0 aliphatic carbocycles. The summed E-state index contributed by atoms with van der Waals surface area (Å²) in [5, 5.41) is 30.1. The van der Waals surface area contributed by atoms with Gasteiger partial charge in [-0.3, -0.25) is 53.1 Å². The summed E-state index contributed by atoms with van der Waals surface area (Å²) in [5.41, 5.74) is 36.7. The number of ether oxygens (including phenoxy) is 1. The first-order chi connectivity index (χ1) is 41.8. The molecule has 1 aromatic carbocycles. The SMILES string of the molecule is CC1=C2[N-][C@H](C(CC(N)=O)[C@@]2(C)CCC(=O)NCC(C)OP(=O)([O-])OC2C(CO)OC(n3cnc4cc(C)c(C)cc43)[C@H]2O)[C@]2(C)N=C(C(C)=C3N=C(C=C4N=C1C(CCC(N)=O)C4(C)C)C(CCC(N)=O)[C@]3(C)CC(N)=O)C(CCC(N)=O)[C@]2(C)CC(N)=O.O.[CH3-].[Co+3]. The summed E-state index contributed by atoms with van der Waals surface area (Å²) < 4.78 is 31.9. The van der Waals surface area contributed by atoms with E-state index in [0.29, 0.717) is 56.4 Å². The fraction of sp³-hybridized carbons (Fsp3) is 0.619. The quantitative estimate of drug-likeness (QED) is 0.0483. The van der Waals surface area contributed by atoms with Crippen LogP contribution in [-0.4, -0.2) is 133 Å². The summed E-state index contributed by atoms with van der Waals surface area (Å²) in [4.78, 5) is 128. The number of aryl methyl sites for hydroxylation is 2. The zero-order valence-corrected chi connectivity index (χ0v) is 56.9. The standard InChI is InChI=1S/C62H90N13O14P.CH3.Co.H2O/c1-29-20-39-40(21-30(29)2)75(28-70-39)57-52(84)53(41(27-76)87-57)89-90(85,86)88-31(3)26-69-49(83)18-19-59(8)37(22-46(66)80)56-62(11)61(10,25-48(68)82)36(14-17-45(65)79)51(74-62)33(5)55-60(9,24-47(67)81)34(12-15-43(63)77)38(71-55)23-42-58(6,7)35(13-16-44(64)78)50(72-42)32(4)54(59)73-56;;;/h20-21,23,28,31,34-37,41,52-53,56-57,76,84H,12-19,22,24-27H2,1-11H3,(H15,63,64,65,66,67,68,69,71,72,73,74,77,78,79,80,81,82,83,85,86);1H3;;1H2/q;-1;+3;/p-2/t31?,34?,35?,36?,37?,41?,52-,53?,56+,57?,59+,60-,61-,62-;;;/m0.../s1. The Hall–Kier alpha value is -6.53. The molecule has 2 fully saturated rings. The number of allylic oxidation sites excluding steroid dienone is 6. The van der Waals surface area contributed by atoms with Crippen LogP contribution in [-0.2, 0) is 68.7 Å². The fourth-order valence-corrected chi connectivity index (χ4v) is 16.4. The zero-order chi connectivity index (χ0) is 66.7. The summed E-state index contributed by atoms with van der Waals surface area (Å²) in [7, 11) is -5.32. The van der Waals surface area contributed by atoms with Crippen molar-refractivity contribution in [2.75, 3.05) is 13.2 Å². The van der Waals surface area contributed by atoms with Crippen molar-refractivity contribution in [2.45, 2.75) is 189 Å². The first-order valence-corrected chi connectivity index (χ1v) is 32.0. The van der Waals surface area contributed by atoms with Gasteiger partial charge in [0.05, 0.1) is 41.3 Å². The zero-order valence-electron chi connectivity index (χ0n) is 55.0. The molecule has 7 amide bonds. The molecule has 1 aromatic heterocycles. The number of carbonyl (C=O) groups is 7. The number of phosphoric acid groups is 1. The maximum Gasteiger partial charge on any atom is 3.00 e. The van der Waals surface area contributed by atoms with Crippen molar-refractivity contribution in [3.8, 4) is 0 Å². The van der Waals surface area contributed by atoms with Gasteiger partial charge in [-0.05, 0) is 119 Å². The van der Waals surface area contributed by atoms with Crippen LogP contribution in [0.1, 0.15) is 150 Å². The van der Waals surface area contributed by atoms with E-state index < -0.39 is 143 Å². The van der Waals surface area contributed by atoms with E-state index in [2.05, 4.69) is 10.3 Å². The summed E-state index contributed by atoms with van der Waals surface area (Å²) in [6.07, 6.45) is -4.79. The molecule has 8 rings (SSSR count). The van der Waals surface area contributed by atoms with E-state index in [9.17, 15) is 53.2 Å². The average Bonchev–Trinajstić information content (AvgIpc) is 1.53. The number of benzene rings is 1. The van der Waals surface area contributed by atoms with Gasteiger partial charge in [0.2, 0.25) is 41.4 Å². The molecule has 9 unspecified atom stereocenters. The first-order valence-electron chi connectivity index (χ1n) is 30.5. The Morgan fingerprint density at radius 1 is 0.796 bits per heavy atom. The topological polar surface area (TPSA) is 496 Å². The van der Waals surface area contributed by atoms with Crippen LogP contribution in [0, 0.1) is 66.6 Å². The van der Waals surface area contributed by atoms with Crippen molar-refractivity contribution >= 4 is 77.3 Å². The monoisotopic (exact) mass is 1360 g/mol. The Bertz CT molecular complexity index is 3550. The molecule has 0 spiro atoms. The predicted octanol–water partition coefficient (Wildman–Crippen LogP) is 2.94. The van der Waals surface area contributed by atoms with E-state index >= 15 is 0 Å². The molecule has 15 atom stereocenters. The smallest absolute Gasteiger partial charge is 0.756 e. The van der Waals surface area contributed by atoms with Crippen LogP contribution in [0.25, 0.3) is 16.4 Å².